The third-order valence-corrected chi connectivity index (χ3v) is 5.60. The Kier molecular flexibility index (Phi) is 3.19. The fraction of sp³-hybridized carbons (Fsp3) is 0.462. The van der Waals surface area contributed by atoms with Gasteiger partial charge in [-0.15, -0.1) is 0 Å². The Morgan fingerprint density at radius 1 is 1.28 bits per heavy atom. The van der Waals surface area contributed by atoms with Crippen LogP contribution in [0, 0.1) is 19.8 Å². The van der Waals surface area contributed by atoms with Crippen LogP contribution in [0.15, 0.2) is 23.1 Å². The molecular weight excluding hydrogens is 252 g/mol. The molecule has 1 aliphatic carbocycles. The molecule has 98 valence electrons. The number of carbonyl (C=O) groups is 1. The topological polar surface area (TPSA) is 71.4 Å². The van der Waals surface area contributed by atoms with Crippen molar-refractivity contribution in [1.82, 2.24) is 0 Å². The lowest BCUT2D eigenvalue weighted by atomic mass is 10.1. The number of hydrogen-bond donors (Lipinski definition) is 1. The summed E-state index contributed by atoms with van der Waals surface area (Å²) < 4.78 is 24.7. The number of aliphatic carboxylic acids is 1. The van der Waals surface area contributed by atoms with Gasteiger partial charge in [0.1, 0.15) is 0 Å². The predicted octanol–water partition coefficient (Wildman–Crippen LogP) is 1.94. The molecule has 1 aromatic rings. The van der Waals surface area contributed by atoms with Crippen LogP contribution in [0.2, 0.25) is 0 Å². The van der Waals surface area contributed by atoms with Gasteiger partial charge in [0.05, 0.1) is 4.90 Å². The Labute approximate surface area is 107 Å². The van der Waals surface area contributed by atoms with Crippen LogP contribution < -0.4 is 0 Å². The first-order valence-corrected chi connectivity index (χ1v) is 7.42. The zero-order chi connectivity index (χ0) is 13.5. The van der Waals surface area contributed by atoms with Gasteiger partial charge in [0.15, 0.2) is 15.1 Å². The summed E-state index contributed by atoms with van der Waals surface area (Å²) in [4.78, 5) is 11.3. The highest BCUT2D eigenvalue weighted by Crippen LogP contribution is 2.38. The van der Waals surface area contributed by atoms with Crippen molar-refractivity contribution >= 4 is 15.8 Å². The van der Waals surface area contributed by atoms with Crippen LogP contribution in [0.1, 0.15) is 24.0 Å². The van der Waals surface area contributed by atoms with Gasteiger partial charge in [-0.1, -0.05) is 6.07 Å². The zero-order valence-electron chi connectivity index (χ0n) is 10.4. The van der Waals surface area contributed by atoms with Crippen molar-refractivity contribution in [3.8, 4) is 0 Å². The van der Waals surface area contributed by atoms with E-state index in [0.29, 0.717) is 12.8 Å². The van der Waals surface area contributed by atoms with Crippen LogP contribution in [0.3, 0.4) is 0 Å². The number of carboxylic acids is 1. The summed E-state index contributed by atoms with van der Waals surface area (Å²) in [5, 5.41) is 7.83. The number of aryl methyl sites for hydroxylation is 2. The van der Waals surface area contributed by atoms with Gasteiger partial charge in [0.25, 0.3) is 0 Å². The second-order valence-corrected chi connectivity index (χ2v) is 6.96. The van der Waals surface area contributed by atoms with Gasteiger partial charge in [-0.3, -0.25) is 4.79 Å². The quantitative estimate of drug-likeness (QED) is 0.905. The highest BCUT2D eigenvalue weighted by Gasteiger charge is 2.45. The Morgan fingerprint density at radius 3 is 2.33 bits per heavy atom. The summed E-state index contributed by atoms with van der Waals surface area (Å²) in [5.74, 6) is -1.47. The van der Waals surface area contributed by atoms with E-state index in [-0.39, 0.29) is 10.8 Å². The molecule has 0 saturated heterocycles. The molecule has 1 fully saturated rings. The number of benzene rings is 1. The monoisotopic (exact) mass is 268 g/mol. The van der Waals surface area contributed by atoms with Gasteiger partial charge in [0.2, 0.25) is 0 Å². The average Bonchev–Trinajstić information content (AvgIpc) is 3.05. The molecule has 0 spiro atoms. The third-order valence-electron chi connectivity index (χ3n) is 3.43. The van der Waals surface area contributed by atoms with Gasteiger partial charge in [0, 0.05) is 0 Å². The number of sulfone groups is 1. The number of carboxylic acid groups (broad SMARTS) is 1. The van der Waals surface area contributed by atoms with Crippen LogP contribution in [-0.2, 0) is 14.6 Å². The minimum atomic E-state index is -3.78. The van der Waals surface area contributed by atoms with E-state index in [1.165, 1.54) is 6.07 Å². The Hall–Kier alpha value is -1.36. The molecule has 1 unspecified atom stereocenters. The first-order chi connectivity index (χ1) is 8.34. The standard InChI is InChI=1S/C13H16O4S/c1-8-3-6-11(7-9(8)2)18(16,17)12(13(14)15)10-4-5-10/h3,6-7,10,12H,4-5H2,1-2H3,(H,14,15). The minimum absolute atomic E-state index is 0.116. The molecule has 5 heteroatoms. The molecule has 0 bridgehead atoms. The van der Waals surface area contributed by atoms with E-state index < -0.39 is 21.1 Å². The van der Waals surface area contributed by atoms with Gasteiger partial charge in [-0.25, -0.2) is 8.42 Å². The van der Waals surface area contributed by atoms with Crippen molar-refractivity contribution in [3.05, 3.63) is 29.3 Å². The van der Waals surface area contributed by atoms with E-state index in [2.05, 4.69) is 0 Å². The molecule has 1 saturated carbocycles. The van der Waals surface area contributed by atoms with Crippen LogP contribution in [0.5, 0.6) is 0 Å². The van der Waals surface area contributed by atoms with E-state index >= 15 is 0 Å². The highest BCUT2D eigenvalue weighted by molar-refractivity contribution is 7.92. The van der Waals surface area contributed by atoms with Crippen molar-refractivity contribution in [2.75, 3.05) is 0 Å². The highest BCUT2D eigenvalue weighted by atomic mass is 32.2. The van der Waals surface area contributed by atoms with E-state index in [9.17, 15) is 13.2 Å². The smallest absolute Gasteiger partial charge is 0.322 e. The van der Waals surface area contributed by atoms with Crippen LogP contribution in [0.25, 0.3) is 0 Å². The average molecular weight is 268 g/mol. The lowest BCUT2D eigenvalue weighted by Gasteiger charge is -2.13. The Morgan fingerprint density at radius 2 is 1.89 bits per heavy atom. The SMILES string of the molecule is Cc1ccc(S(=O)(=O)C(C(=O)O)C2CC2)cc1C. The van der Waals surface area contributed by atoms with Crippen molar-refractivity contribution in [1.29, 1.82) is 0 Å². The maximum absolute atomic E-state index is 12.3. The number of rotatable bonds is 4. The molecule has 4 nitrogen and oxygen atoms in total. The van der Waals surface area contributed by atoms with E-state index in [1.54, 1.807) is 12.1 Å². The minimum Gasteiger partial charge on any atom is -0.480 e. The fourth-order valence-corrected chi connectivity index (χ4v) is 3.96. The lowest BCUT2D eigenvalue weighted by molar-refractivity contribution is -0.136. The van der Waals surface area contributed by atoms with Gasteiger partial charge < -0.3 is 5.11 Å². The molecule has 1 N–H and O–H groups in total. The van der Waals surface area contributed by atoms with E-state index in [0.717, 1.165) is 11.1 Å². The molecule has 0 heterocycles. The maximum Gasteiger partial charge on any atom is 0.322 e. The number of hydrogen-bond acceptors (Lipinski definition) is 3. The second-order valence-electron chi connectivity index (χ2n) is 4.89. The van der Waals surface area contributed by atoms with Crippen LogP contribution >= 0.6 is 0 Å². The molecule has 0 amide bonds. The molecule has 0 radical (unpaired) electrons. The van der Waals surface area contributed by atoms with Crippen molar-refractivity contribution in [3.63, 3.8) is 0 Å². The Bertz CT molecular complexity index is 585. The first-order valence-electron chi connectivity index (χ1n) is 5.88. The van der Waals surface area contributed by atoms with Gasteiger partial charge >= 0.3 is 5.97 Å². The second kappa shape index (κ2) is 4.39. The molecule has 2 rings (SSSR count). The first kappa shape index (κ1) is 13.1. The van der Waals surface area contributed by atoms with Gasteiger partial charge in [-0.05, 0) is 55.9 Å². The van der Waals surface area contributed by atoms with Crippen LogP contribution in [-0.4, -0.2) is 24.7 Å². The van der Waals surface area contributed by atoms with Gasteiger partial charge in [-0.2, -0.15) is 0 Å². The molecular formula is C13H16O4S. The molecule has 18 heavy (non-hydrogen) atoms. The lowest BCUT2D eigenvalue weighted by Crippen LogP contribution is -2.32. The molecule has 1 atom stereocenters. The molecule has 1 aliphatic rings. The summed E-state index contributed by atoms with van der Waals surface area (Å²) in [6, 6.07) is 4.77. The Balaban J connectivity index is 2.46. The van der Waals surface area contributed by atoms with E-state index in [1.807, 2.05) is 13.8 Å². The summed E-state index contributed by atoms with van der Waals surface area (Å²) >= 11 is 0. The molecule has 1 aromatic carbocycles. The van der Waals surface area contributed by atoms with Crippen molar-refractivity contribution in [2.24, 2.45) is 5.92 Å². The predicted molar refractivity (Wildman–Crippen MR) is 67.2 cm³/mol. The largest absolute Gasteiger partial charge is 0.480 e. The summed E-state index contributed by atoms with van der Waals surface area (Å²) in [6.07, 6.45) is 1.36. The summed E-state index contributed by atoms with van der Waals surface area (Å²) in [6.45, 7) is 3.71. The summed E-state index contributed by atoms with van der Waals surface area (Å²) in [5.41, 5.74) is 1.85. The maximum atomic E-state index is 12.3. The fourth-order valence-electron chi connectivity index (χ4n) is 2.02. The van der Waals surface area contributed by atoms with Crippen molar-refractivity contribution < 1.29 is 18.3 Å². The molecule has 0 aliphatic heterocycles. The summed E-state index contributed by atoms with van der Waals surface area (Å²) in [7, 11) is -3.78. The molecule has 0 aromatic heterocycles. The third kappa shape index (κ3) is 2.27. The zero-order valence-corrected chi connectivity index (χ0v) is 11.2. The van der Waals surface area contributed by atoms with E-state index in [4.69, 9.17) is 5.11 Å². The van der Waals surface area contributed by atoms with Crippen molar-refractivity contribution in [2.45, 2.75) is 36.8 Å². The normalized spacial score (nSPS) is 17.4. The van der Waals surface area contributed by atoms with Crippen LogP contribution in [0.4, 0.5) is 0 Å².